The molecule has 0 heterocycles. The molecule has 0 saturated heterocycles. The maximum Gasteiger partial charge on any atom is 0.408 e. The average Bonchev–Trinajstić information content (AvgIpc) is 2.68. The lowest BCUT2D eigenvalue weighted by Gasteiger charge is -2.45. The number of amides is 3. The van der Waals surface area contributed by atoms with Crippen LogP contribution in [0.25, 0.3) is 0 Å². The summed E-state index contributed by atoms with van der Waals surface area (Å²) in [7, 11) is 0. The Hall–Kier alpha value is -2.77. The van der Waals surface area contributed by atoms with Crippen LogP contribution >= 0.6 is 0 Å². The first-order chi connectivity index (χ1) is 15.5. The van der Waals surface area contributed by atoms with E-state index in [2.05, 4.69) is 10.6 Å². The van der Waals surface area contributed by atoms with Gasteiger partial charge in [0.25, 0.3) is 0 Å². The quantitative estimate of drug-likeness (QED) is 0.484. The molecule has 0 bridgehead atoms. The largest absolute Gasteiger partial charge is 0.508 e. The first kappa shape index (κ1) is 29.3. The summed E-state index contributed by atoms with van der Waals surface area (Å²) in [5.74, 6) is -0.921. The average molecular weight is 478 g/mol. The molecule has 1 rings (SSSR count). The molecule has 2 atom stereocenters. The molecule has 3 amide bonds. The van der Waals surface area contributed by atoms with Gasteiger partial charge in [-0.25, -0.2) is 4.79 Å². The van der Waals surface area contributed by atoms with Crippen LogP contribution < -0.4 is 10.6 Å². The van der Waals surface area contributed by atoms with Crippen LogP contribution in [0.4, 0.5) is 4.79 Å². The maximum absolute atomic E-state index is 14.1. The fourth-order valence-electron chi connectivity index (χ4n) is 3.48. The number of ether oxygens (including phenoxy) is 1. The van der Waals surface area contributed by atoms with Crippen LogP contribution in [0.1, 0.15) is 87.3 Å². The molecular weight excluding hydrogens is 434 g/mol. The van der Waals surface area contributed by atoms with Crippen LogP contribution in [0.3, 0.4) is 0 Å². The second-order valence-electron chi connectivity index (χ2n) is 10.9. The molecule has 34 heavy (non-hydrogen) atoms. The van der Waals surface area contributed by atoms with Crippen molar-refractivity contribution in [3.8, 4) is 5.75 Å². The number of hydrogen-bond acceptors (Lipinski definition) is 5. The van der Waals surface area contributed by atoms with Crippen LogP contribution in [-0.2, 0) is 14.3 Å². The van der Waals surface area contributed by atoms with Crippen molar-refractivity contribution < 1.29 is 24.2 Å². The van der Waals surface area contributed by atoms with E-state index < -0.39 is 29.3 Å². The molecule has 0 aliphatic carbocycles. The highest BCUT2D eigenvalue weighted by molar-refractivity contribution is 5.93. The lowest BCUT2D eigenvalue weighted by molar-refractivity contribution is -0.150. The third-order valence-corrected chi connectivity index (χ3v) is 5.51. The van der Waals surface area contributed by atoms with Gasteiger partial charge in [0.05, 0.1) is 0 Å². The highest BCUT2D eigenvalue weighted by atomic mass is 16.6. The normalized spacial score (nSPS) is 13.9. The summed E-state index contributed by atoms with van der Waals surface area (Å²) in [5.41, 5.74) is -0.884. The highest BCUT2D eigenvalue weighted by Gasteiger charge is 2.43. The summed E-state index contributed by atoms with van der Waals surface area (Å²) in [6.45, 7) is 18.4. The van der Waals surface area contributed by atoms with Gasteiger partial charge in [-0.3, -0.25) is 9.59 Å². The number of nitrogens with one attached hydrogen (secondary N) is 2. The van der Waals surface area contributed by atoms with Gasteiger partial charge in [-0.1, -0.05) is 32.9 Å². The molecule has 2 unspecified atom stereocenters. The number of phenols is 1. The zero-order valence-electron chi connectivity index (χ0n) is 22.4. The van der Waals surface area contributed by atoms with Crippen molar-refractivity contribution >= 4 is 17.9 Å². The monoisotopic (exact) mass is 477 g/mol. The van der Waals surface area contributed by atoms with Crippen molar-refractivity contribution in [3.63, 3.8) is 0 Å². The fourth-order valence-corrected chi connectivity index (χ4v) is 3.48. The zero-order valence-corrected chi connectivity index (χ0v) is 22.4. The zero-order chi connectivity index (χ0) is 26.4. The van der Waals surface area contributed by atoms with Gasteiger partial charge in [0.2, 0.25) is 11.8 Å². The van der Waals surface area contributed by atoms with E-state index in [0.717, 1.165) is 0 Å². The summed E-state index contributed by atoms with van der Waals surface area (Å²) in [4.78, 5) is 41.7. The number of benzene rings is 1. The van der Waals surface area contributed by atoms with Crippen LogP contribution in [0.2, 0.25) is 0 Å². The lowest BCUT2D eigenvalue weighted by Crippen LogP contribution is -2.60. The van der Waals surface area contributed by atoms with Gasteiger partial charge in [-0.05, 0) is 78.5 Å². The minimum Gasteiger partial charge on any atom is -0.508 e. The second kappa shape index (κ2) is 11.6. The predicted molar refractivity (Wildman–Crippen MR) is 133 cm³/mol. The predicted octanol–water partition coefficient (Wildman–Crippen LogP) is 4.52. The number of carbonyl (C=O) groups excluding carboxylic acids is 3. The number of carbonyl (C=O) groups is 3. The molecular formula is C26H43N3O5. The Morgan fingerprint density at radius 2 is 1.50 bits per heavy atom. The summed E-state index contributed by atoms with van der Waals surface area (Å²) >= 11 is 0. The van der Waals surface area contributed by atoms with Gasteiger partial charge in [-0.2, -0.15) is 0 Å². The number of nitrogens with zero attached hydrogens (tertiary/aromatic N) is 1. The summed E-state index contributed by atoms with van der Waals surface area (Å²) in [5, 5.41) is 15.4. The molecule has 0 saturated carbocycles. The maximum atomic E-state index is 14.1. The Balaban J connectivity index is 3.59. The van der Waals surface area contributed by atoms with Crippen LogP contribution in [0.5, 0.6) is 5.75 Å². The highest BCUT2D eigenvalue weighted by Crippen LogP contribution is 2.33. The smallest absolute Gasteiger partial charge is 0.408 e. The SMILES string of the molecule is CCC(C)(C)N(C(=O)C(NC(=O)OC(C)(C)C)C(C)C)C(C(=O)NC(C)C)c1ccc(O)cc1. The molecule has 3 N–H and O–H groups in total. The summed E-state index contributed by atoms with van der Waals surface area (Å²) in [6, 6.07) is 4.24. The number of alkyl carbamates (subject to hydrolysis) is 1. The Kier molecular flexibility index (Phi) is 9.97. The first-order valence-corrected chi connectivity index (χ1v) is 11.9. The second-order valence-corrected chi connectivity index (χ2v) is 10.9. The van der Waals surface area contributed by atoms with Crippen molar-refractivity contribution in [2.24, 2.45) is 5.92 Å². The molecule has 8 heteroatoms. The molecule has 0 aliphatic heterocycles. The van der Waals surface area contributed by atoms with Gasteiger partial charge in [0.1, 0.15) is 23.4 Å². The van der Waals surface area contributed by atoms with E-state index >= 15 is 0 Å². The van der Waals surface area contributed by atoms with Gasteiger partial charge < -0.3 is 25.4 Å². The molecule has 0 fully saturated rings. The number of rotatable bonds is 9. The molecule has 0 aromatic heterocycles. The molecule has 1 aromatic rings. The Labute approximate surface area is 204 Å². The molecule has 8 nitrogen and oxygen atoms in total. The van der Waals surface area contributed by atoms with Gasteiger partial charge in [0.15, 0.2) is 0 Å². The molecule has 192 valence electrons. The van der Waals surface area contributed by atoms with E-state index in [1.807, 2.05) is 48.5 Å². The third-order valence-electron chi connectivity index (χ3n) is 5.51. The van der Waals surface area contributed by atoms with Crippen molar-refractivity contribution in [2.75, 3.05) is 0 Å². The van der Waals surface area contributed by atoms with E-state index in [-0.39, 0.29) is 29.5 Å². The first-order valence-electron chi connectivity index (χ1n) is 11.9. The Morgan fingerprint density at radius 3 is 1.91 bits per heavy atom. The number of hydrogen-bond donors (Lipinski definition) is 3. The standard InChI is InChI=1S/C26H43N3O5/c1-11-26(9,10)29(23(32)20(16(2)3)28-24(33)34-25(6,7)8)21(22(31)27-17(4)5)18-12-14-19(30)15-13-18/h12-17,20-21,30H,11H2,1-10H3,(H,27,31)(H,28,33). The minimum atomic E-state index is -0.966. The van der Waals surface area contributed by atoms with Gasteiger partial charge in [-0.15, -0.1) is 0 Å². The van der Waals surface area contributed by atoms with Crippen LogP contribution in [0, 0.1) is 5.92 Å². The minimum absolute atomic E-state index is 0.0612. The van der Waals surface area contributed by atoms with E-state index in [1.165, 1.54) is 12.1 Å². The molecule has 0 spiro atoms. The van der Waals surface area contributed by atoms with Gasteiger partial charge >= 0.3 is 6.09 Å². The number of phenolic OH excluding ortho intramolecular Hbond substituents is 1. The van der Waals surface area contributed by atoms with Gasteiger partial charge in [0, 0.05) is 11.6 Å². The van der Waals surface area contributed by atoms with Crippen molar-refractivity contribution in [1.29, 1.82) is 0 Å². The number of aromatic hydroxyl groups is 1. The lowest BCUT2D eigenvalue weighted by atomic mass is 9.90. The van der Waals surface area contributed by atoms with E-state index in [4.69, 9.17) is 4.74 Å². The van der Waals surface area contributed by atoms with Crippen molar-refractivity contribution in [1.82, 2.24) is 15.5 Å². The van der Waals surface area contributed by atoms with Crippen LogP contribution in [-0.4, -0.2) is 51.1 Å². The molecule has 0 aliphatic rings. The summed E-state index contributed by atoms with van der Waals surface area (Å²) < 4.78 is 5.39. The van der Waals surface area contributed by atoms with E-state index in [1.54, 1.807) is 37.8 Å². The third kappa shape index (κ3) is 8.22. The topological polar surface area (TPSA) is 108 Å². The Morgan fingerprint density at radius 1 is 0.971 bits per heavy atom. The summed E-state index contributed by atoms with van der Waals surface area (Å²) in [6.07, 6.45) is -0.124. The van der Waals surface area contributed by atoms with Crippen molar-refractivity contribution in [3.05, 3.63) is 29.8 Å². The molecule has 1 aromatic carbocycles. The van der Waals surface area contributed by atoms with Crippen molar-refractivity contribution in [2.45, 2.75) is 105 Å². The molecule has 0 radical (unpaired) electrons. The van der Waals surface area contributed by atoms with Crippen LogP contribution in [0.15, 0.2) is 24.3 Å². The van der Waals surface area contributed by atoms with E-state index in [9.17, 15) is 19.5 Å². The fraction of sp³-hybridized carbons (Fsp3) is 0.654. The Bertz CT molecular complexity index is 841. The van der Waals surface area contributed by atoms with E-state index in [0.29, 0.717) is 12.0 Å².